The van der Waals surface area contributed by atoms with Crippen LogP contribution in [0, 0.1) is 0 Å². The first-order chi connectivity index (χ1) is 9.67. The average Bonchev–Trinajstić information content (AvgIpc) is 2.91. The molecule has 0 aliphatic carbocycles. The average molecular weight is 312 g/mol. The van der Waals surface area contributed by atoms with E-state index in [9.17, 15) is 5.11 Å². The molecule has 0 bridgehead atoms. The molecular weight excluding hydrogens is 292 g/mol. The predicted molar refractivity (Wildman–Crippen MR) is 87.5 cm³/mol. The van der Waals surface area contributed by atoms with Gasteiger partial charge in [-0.25, -0.2) is 0 Å². The van der Waals surface area contributed by atoms with E-state index in [-0.39, 0.29) is 11.1 Å². The van der Waals surface area contributed by atoms with Crippen LogP contribution < -0.4 is 10.1 Å². The van der Waals surface area contributed by atoms with Gasteiger partial charge in [-0.3, -0.25) is 0 Å². The van der Waals surface area contributed by atoms with Gasteiger partial charge in [0.15, 0.2) is 16.6 Å². The maximum Gasteiger partial charge on any atom is 0.170 e. The van der Waals surface area contributed by atoms with Gasteiger partial charge in [-0.05, 0) is 43.8 Å². The third kappa shape index (κ3) is 3.30. The molecule has 110 valence electrons. The number of rotatable bonds is 4. The number of thiocarbonyl (C=S) groups is 1. The van der Waals surface area contributed by atoms with E-state index < -0.39 is 0 Å². The lowest BCUT2D eigenvalue weighted by atomic mass is 10.2. The van der Waals surface area contributed by atoms with Crippen LogP contribution in [0.25, 0.3) is 0 Å². The number of thioether (sulfide) groups is 1. The van der Waals surface area contributed by atoms with Gasteiger partial charge in [0.05, 0.1) is 6.61 Å². The summed E-state index contributed by atoms with van der Waals surface area (Å²) in [6.07, 6.45) is 0. The van der Waals surface area contributed by atoms with Crippen LogP contribution in [-0.4, -0.2) is 40.6 Å². The highest BCUT2D eigenvalue weighted by molar-refractivity contribution is 7.99. The first-order valence-electron chi connectivity index (χ1n) is 6.79. The molecule has 1 saturated heterocycles. The van der Waals surface area contributed by atoms with Crippen molar-refractivity contribution >= 4 is 29.1 Å². The van der Waals surface area contributed by atoms with E-state index in [2.05, 4.69) is 10.2 Å². The Morgan fingerprint density at radius 1 is 1.55 bits per heavy atom. The molecule has 1 unspecified atom stereocenters. The number of nitrogens with one attached hydrogen (secondary N) is 1. The second-order valence-electron chi connectivity index (χ2n) is 4.41. The van der Waals surface area contributed by atoms with Crippen LogP contribution in [0.2, 0.25) is 0 Å². The summed E-state index contributed by atoms with van der Waals surface area (Å²) in [5.41, 5.74) is 1.11. The van der Waals surface area contributed by atoms with Crippen molar-refractivity contribution in [1.82, 2.24) is 10.2 Å². The zero-order valence-electron chi connectivity index (χ0n) is 11.8. The van der Waals surface area contributed by atoms with Gasteiger partial charge >= 0.3 is 0 Å². The maximum absolute atomic E-state index is 9.78. The lowest BCUT2D eigenvalue weighted by Crippen LogP contribution is -2.39. The summed E-state index contributed by atoms with van der Waals surface area (Å²) < 4.78 is 5.45. The second-order valence-corrected chi connectivity index (χ2v) is 5.99. The molecule has 0 aromatic heterocycles. The first kappa shape index (κ1) is 15.3. The highest BCUT2D eigenvalue weighted by Crippen LogP contribution is 2.40. The number of phenolic OH excluding ortho intramolecular Hbond substituents is 1. The molecule has 0 amide bonds. The Balaban J connectivity index is 2.21. The van der Waals surface area contributed by atoms with Crippen LogP contribution in [-0.2, 0) is 0 Å². The summed E-state index contributed by atoms with van der Waals surface area (Å²) in [5.74, 6) is 1.76. The van der Waals surface area contributed by atoms with Crippen molar-refractivity contribution in [3.8, 4) is 11.5 Å². The number of hydrogen-bond acceptors (Lipinski definition) is 4. The van der Waals surface area contributed by atoms with Gasteiger partial charge in [0.2, 0.25) is 0 Å². The van der Waals surface area contributed by atoms with Crippen LogP contribution in [0.4, 0.5) is 0 Å². The minimum Gasteiger partial charge on any atom is -0.504 e. The predicted octanol–water partition coefficient (Wildman–Crippen LogP) is 2.73. The highest BCUT2D eigenvalue weighted by Gasteiger charge is 2.29. The van der Waals surface area contributed by atoms with Gasteiger partial charge in [-0.1, -0.05) is 6.07 Å². The monoisotopic (exact) mass is 312 g/mol. The Bertz CT molecular complexity index is 482. The van der Waals surface area contributed by atoms with E-state index in [1.54, 1.807) is 6.07 Å². The topological polar surface area (TPSA) is 44.7 Å². The molecular formula is C14H20N2O2S2. The Kier molecular flexibility index (Phi) is 5.37. The number of nitrogens with zero attached hydrogens (tertiary/aromatic N) is 1. The second kappa shape index (κ2) is 7.04. The number of phenols is 1. The quantitative estimate of drug-likeness (QED) is 0.834. The van der Waals surface area contributed by atoms with Crippen molar-refractivity contribution < 1.29 is 9.84 Å². The largest absolute Gasteiger partial charge is 0.504 e. The molecule has 1 aromatic carbocycles. The molecule has 2 N–H and O–H groups in total. The molecule has 1 aliphatic rings. The van der Waals surface area contributed by atoms with Gasteiger partial charge in [0.1, 0.15) is 5.37 Å². The molecule has 1 fully saturated rings. The van der Waals surface area contributed by atoms with E-state index in [4.69, 9.17) is 17.0 Å². The molecule has 0 saturated carbocycles. The smallest absolute Gasteiger partial charge is 0.170 e. The summed E-state index contributed by atoms with van der Waals surface area (Å²) in [6.45, 7) is 6.24. The van der Waals surface area contributed by atoms with Crippen molar-refractivity contribution in [2.24, 2.45) is 0 Å². The number of aromatic hydroxyl groups is 1. The number of hydrogen-bond donors (Lipinski definition) is 2. The van der Waals surface area contributed by atoms with E-state index in [1.165, 1.54) is 0 Å². The van der Waals surface area contributed by atoms with Crippen LogP contribution in [0.3, 0.4) is 0 Å². The standard InChI is InChI=1S/C14H20N2O2S2/c1-3-15-14(19)16-7-8-20-13(16)10-5-6-11(17)12(9-10)18-4-2/h5-6,9,13,17H,3-4,7-8H2,1-2H3,(H,15,19). The Hall–Kier alpha value is -1.14. The van der Waals surface area contributed by atoms with Crippen LogP contribution >= 0.6 is 24.0 Å². The normalized spacial score (nSPS) is 18.1. The van der Waals surface area contributed by atoms with Gasteiger partial charge in [0.25, 0.3) is 0 Å². The molecule has 1 aromatic rings. The molecule has 2 rings (SSSR count). The zero-order chi connectivity index (χ0) is 14.5. The molecule has 1 atom stereocenters. The van der Waals surface area contributed by atoms with Crippen LogP contribution in [0.5, 0.6) is 11.5 Å². The molecule has 0 spiro atoms. The van der Waals surface area contributed by atoms with Crippen molar-refractivity contribution in [1.29, 1.82) is 0 Å². The first-order valence-corrected chi connectivity index (χ1v) is 8.24. The fraction of sp³-hybridized carbons (Fsp3) is 0.500. The molecule has 1 heterocycles. The van der Waals surface area contributed by atoms with Crippen molar-refractivity contribution in [3.05, 3.63) is 23.8 Å². The molecule has 6 heteroatoms. The third-order valence-electron chi connectivity index (χ3n) is 3.05. The van der Waals surface area contributed by atoms with Crippen LogP contribution in [0.1, 0.15) is 24.8 Å². The number of benzene rings is 1. The summed E-state index contributed by atoms with van der Waals surface area (Å²) >= 11 is 7.27. The highest BCUT2D eigenvalue weighted by atomic mass is 32.2. The van der Waals surface area contributed by atoms with Crippen molar-refractivity contribution in [2.75, 3.05) is 25.4 Å². The van der Waals surface area contributed by atoms with Gasteiger partial charge < -0.3 is 20.1 Å². The Morgan fingerprint density at radius 2 is 2.35 bits per heavy atom. The van der Waals surface area contributed by atoms with Gasteiger partial charge in [0, 0.05) is 18.8 Å². The zero-order valence-corrected chi connectivity index (χ0v) is 13.4. The maximum atomic E-state index is 9.78. The van der Waals surface area contributed by atoms with E-state index in [1.807, 2.05) is 37.7 Å². The van der Waals surface area contributed by atoms with Gasteiger partial charge in [-0.15, -0.1) is 11.8 Å². The minimum absolute atomic E-state index is 0.180. The van der Waals surface area contributed by atoms with Crippen molar-refractivity contribution in [2.45, 2.75) is 19.2 Å². The fourth-order valence-corrected chi connectivity index (χ4v) is 3.83. The van der Waals surface area contributed by atoms with E-state index in [0.29, 0.717) is 12.4 Å². The summed E-state index contributed by atoms with van der Waals surface area (Å²) in [4.78, 5) is 2.19. The summed E-state index contributed by atoms with van der Waals surface area (Å²) in [7, 11) is 0. The van der Waals surface area contributed by atoms with E-state index in [0.717, 1.165) is 29.5 Å². The SMILES string of the molecule is CCNC(=S)N1CCSC1c1ccc(O)c(OCC)c1. The summed E-state index contributed by atoms with van der Waals surface area (Å²) in [6, 6.07) is 5.53. The third-order valence-corrected chi connectivity index (χ3v) is 4.69. The number of ether oxygens (including phenoxy) is 1. The van der Waals surface area contributed by atoms with Crippen molar-refractivity contribution in [3.63, 3.8) is 0 Å². The lowest BCUT2D eigenvalue weighted by Gasteiger charge is -2.27. The molecule has 20 heavy (non-hydrogen) atoms. The van der Waals surface area contributed by atoms with E-state index >= 15 is 0 Å². The Labute approximate surface area is 129 Å². The molecule has 1 aliphatic heterocycles. The Morgan fingerprint density at radius 3 is 3.05 bits per heavy atom. The minimum atomic E-state index is 0.180. The molecule has 0 radical (unpaired) electrons. The fourth-order valence-electron chi connectivity index (χ4n) is 2.16. The van der Waals surface area contributed by atoms with Crippen LogP contribution in [0.15, 0.2) is 18.2 Å². The van der Waals surface area contributed by atoms with Gasteiger partial charge in [-0.2, -0.15) is 0 Å². The molecule has 4 nitrogen and oxygen atoms in total. The summed E-state index contributed by atoms with van der Waals surface area (Å²) in [5, 5.41) is 14.0. The lowest BCUT2D eigenvalue weighted by molar-refractivity contribution is 0.317.